The summed E-state index contributed by atoms with van der Waals surface area (Å²) in [5, 5.41) is 20.9. The molecule has 4 nitrogen and oxygen atoms in total. The predicted molar refractivity (Wildman–Crippen MR) is 60.8 cm³/mol. The largest absolute Gasteiger partial charge is 0.481 e. The summed E-state index contributed by atoms with van der Waals surface area (Å²) in [4.78, 5) is 10.8. The van der Waals surface area contributed by atoms with Crippen LogP contribution in [0.1, 0.15) is 39.0 Å². The van der Waals surface area contributed by atoms with Crippen molar-refractivity contribution < 1.29 is 9.90 Å². The van der Waals surface area contributed by atoms with Crippen molar-refractivity contribution in [1.82, 2.24) is 5.32 Å². The fraction of sp³-hybridized carbons (Fsp3) is 0.833. The van der Waals surface area contributed by atoms with Gasteiger partial charge in [0.2, 0.25) is 0 Å². The Kier molecular flexibility index (Phi) is 5.27. The van der Waals surface area contributed by atoms with Crippen LogP contribution in [0.15, 0.2) is 0 Å². The number of aliphatic carboxylic acids is 1. The number of nitriles is 1. The molecule has 1 unspecified atom stereocenters. The molecule has 1 aliphatic carbocycles. The van der Waals surface area contributed by atoms with Crippen molar-refractivity contribution in [1.29, 1.82) is 5.26 Å². The SMILES string of the molecule is CCC(C#N)NCC1CCC(C(=O)O)CC1. The molecular formula is C12H20N2O2. The van der Waals surface area contributed by atoms with Gasteiger partial charge in [0.25, 0.3) is 0 Å². The molecular weight excluding hydrogens is 204 g/mol. The molecule has 2 N–H and O–H groups in total. The van der Waals surface area contributed by atoms with E-state index in [1.54, 1.807) is 0 Å². The van der Waals surface area contributed by atoms with Crippen LogP contribution in [-0.4, -0.2) is 23.7 Å². The van der Waals surface area contributed by atoms with Gasteiger partial charge < -0.3 is 10.4 Å². The molecule has 0 heterocycles. The van der Waals surface area contributed by atoms with Gasteiger partial charge in [-0.3, -0.25) is 4.79 Å². The molecule has 0 aromatic rings. The van der Waals surface area contributed by atoms with E-state index in [4.69, 9.17) is 10.4 Å². The van der Waals surface area contributed by atoms with Crippen LogP contribution in [0.5, 0.6) is 0 Å². The summed E-state index contributed by atoms with van der Waals surface area (Å²) in [5.41, 5.74) is 0. The number of carboxylic acid groups (broad SMARTS) is 1. The number of nitrogens with zero attached hydrogens (tertiary/aromatic N) is 1. The van der Waals surface area contributed by atoms with Crippen molar-refractivity contribution in [3.05, 3.63) is 0 Å². The molecule has 0 radical (unpaired) electrons. The molecule has 1 aliphatic rings. The van der Waals surface area contributed by atoms with E-state index >= 15 is 0 Å². The van der Waals surface area contributed by atoms with Crippen molar-refractivity contribution in [2.24, 2.45) is 11.8 Å². The maximum atomic E-state index is 10.8. The zero-order valence-corrected chi connectivity index (χ0v) is 9.78. The minimum atomic E-state index is -0.658. The van der Waals surface area contributed by atoms with Crippen LogP contribution in [0.3, 0.4) is 0 Å². The molecule has 0 aliphatic heterocycles. The summed E-state index contributed by atoms with van der Waals surface area (Å²) in [5.74, 6) is -0.262. The van der Waals surface area contributed by atoms with Gasteiger partial charge in [0.1, 0.15) is 0 Å². The molecule has 0 saturated heterocycles. The quantitative estimate of drug-likeness (QED) is 0.746. The topological polar surface area (TPSA) is 73.1 Å². The standard InChI is InChI=1S/C12H20N2O2/c1-2-11(7-13)14-8-9-3-5-10(6-4-9)12(15)16/h9-11,14H,2-6,8H2,1H3,(H,15,16). The first-order valence-electron chi connectivity index (χ1n) is 6.03. The smallest absolute Gasteiger partial charge is 0.306 e. The lowest BCUT2D eigenvalue weighted by atomic mass is 9.82. The van der Waals surface area contributed by atoms with Crippen LogP contribution in [0.4, 0.5) is 0 Å². The van der Waals surface area contributed by atoms with E-state index < -0.39 is 5.97 Å². The number of carboxylic acids is 1. The van der Waals surface area contributed by atoms with E-state index in [2.05, 4.69) is 11.4 Å². The third kappa shape index (κ3) is 3.82. The molecule has 1 atom stereocenters. The fourth-order valence-corrected chi connectivity index (χ4v) is 2.20. The third-order valence-corrected chi connectivity index (χ3v) is 3.41. The number of hydrogen-bond donors (Lipinski definition) is 2. The summed E-state index contributed by atoms with van der Waals surface area (Å²) in [6, 6.07) is 2.15. The summed E-state index contributed by atoms with van der Waals surface area (Å²) in [6.45, 7) is 2.83. The average Bonchev–Trinajstić information content (AvgIpc) is 2.31. The Bertz CT molecular complexity index is 265. The van der Waals surface area contributed by atoms with Crippen molar-refractivity contribution in [2.75, 3.05) is 6.54 Å². The van der Waals surface area contributed by atoms with Crippen LogP contribution in [0.2, 0.25) is 0 Å². The number of hydrogen-bond acceptors (Lipinski definition) is 3. The Balaban J connectivity index is 2.22. The van der Waals surface area contributed by atoms with E-state index in [1.807, 2.05) is 6.92 Å². The molecule has 0 bridgehead atoms. The van der Waals surface area contributed by atoms with Crippen molar-refractivity contribution in [3.8, 4) is 6.07 Å². The molecule has 0 aromatic heterocycles. The van der Waals surface area contributed by atoms with E-state index in [0.29, 0.717) is 5.92 Å². The Morgan fingerprint density at radius 2 is 2.12 bits per heavy atom. The minimum Gasteiger partial charge on any atom is -0.481 e. The number of rotatable bonds is 5. The maximum absolute atomic E-state index is 10.8. The van der Waals surface area contributed by atoms with E-state index in [1.165, 1.54) is 0 Å². The van der Waals surface area contributed by atoms with Crippen molar-refractivity contribution in [3.63, 3.8) is 0 Å². The Labute approximate surface area is 96.6 Å². The Hall–Kier alpha value is -1.08. The zero-order valence-electron chi connectivity index (χ0n) is 9.78. The molecule has 1 fully saturated rings. The molecule has 0 aromatic carbocycles. The third-order valence-electron chi connectivity index (χ3n) is 3.41. The van der Waals surface area contributed by atoms with Crippen molar-refractivity contribution in [2.45, 2.75) is 45.1 Å². The minimum absolute atomic E-state index is 0.0582. The molecule has 0 amide bonds. The second kappa shape index (κ2) is 6.49. The first-order valence-corrected chi connectivity index (χ1v) is 6.03. The summed E-state index contributed by atoms with van der Waals surface area (Å²) < 4.78 is 0. The first kappa shape index (κ1) is 13.0. The molecule has 4 heteroatoms. The first-order chi connectivity index (χ1) is 7.67. The lowest BCUT2D eigenvalue weighted by Gasteiger charge is -2.26. The summed E-state index contributed by atoms with van der Waals surface area (Å²) >= 11 is 0. The second-order valence-corrected chi connectivity index (χ2v) is 4.55. The monoisotopic (exact) mass is 224 g/mol. The number of carbonyl (C=O) groups is 1. The van der Waals surface area contributed by atoms with Crippen LogP contribution in [0.25, 0.3) is 0 Å². The predicted octanol–water partition coefficient (Wildman–Crippen LogP) is 1.77. The molecule has 1 rings (SSSR count). The van der Waals surface area contributed by atoms with Gasteiger partial charge in [-0.1, -0.05) is 6.92 Å². The van der Waals surface area contributed by atoms with Crippen LogP contribution < -0.4 is 5.32 Å². The van der Waals surface area contributed by atoms with Crippen LogP contribution >= 0.6 is 0 Å². The van der Waals surface area contributed by atoms with Gasteiger partial charge in [0.15, 0.2) is 0 Å². The molecule has 16 heavy (non-hydrogen) atoms. The van der Waals surface area contributed by atoms with Gasteiger partial charge in [-0.2, -0.15) is 5.26 Å². The number of nitrogens with one attached hydrogen (secondary N) is 1. The highest BCUT2D eigenvalue weighted by Gasteiger charge is 2.25. The Morgan fingerprint density at radius 1 is 1.50 bits per heavy atom. The lowest BCUT2D eigenvalue weighted by Crippen LogP contribution is -2.34. The van der Waals surface area contributed by atoms with Gasteiger partial charge in [-0.05, 0) is 44.6 Å². The average molecular weight is 224 g/mol. The van der Waals surface area contributed by atoms with Crippen molar-refractivity contribution >= 4 is 5.97 Å². The Morgan fingerprint density at radius 3 is 2.56 bits per heavy atom. The second-order valence-electron chi connectivity index (χ2n) is 4.55. The zero-order chi connectivity index (χ0) is 12.0. The molecule has 90 valence electrons. The van der Waals surface area contributed by atoms with Gasteiger partial charge in [0.05, 0.1) is 18.0 Å². The van der Waals surface area contributed by atoms with Crippen LogP contribution in [-0.2, 0) is 4.79 Å². The van der Waals surface area contributed by atoms with E-state index in [-0.39, 0.29) is 12.0 Å². The lowest BCUT2D eigenvalue weighted by molar-refractivity contribution is -0.143. The van der Waals surface area contributed by atoms with Gasteiger partial charge in [-0.15, -0.1) is 0 Å². The van der Waals surface area contributed by atoms with Gasteiger partial charge in [0, 0.05) is 0 Å². The van der Waals surface area contributed by atoms with Crippen LogP contribution in [0, 0.1) is 23.2 Å². The summed E-state index contributed by atoms with van der Waals surface area (Å²) in [7, 11) is 0. The highest BCUT2D eigenvalue weighted by atomic mass is 16.4. The normalized spacial score (nSPS) is 27.0. The molecule has 0 spiro atoms. The highest BCUT2D eigenvalue weighted by molar-refractivity contribution is 5.69. The fourth-order valence-electron chi connectivity index (χ4n) is 2.20. The highest BCUT2D eigenvalue weighted by Crippen LogP contribution is 2.28. The van der Waals surface area contributed by atoms with E-state index in [9.17, 15) is 4.79 Å². The maximum Gasteiger partial charge on any atom is 0.306 e. The van der Waals surface area contributed by atoms with Gasteiger partial charge in [-0.25, -0.2) is 0 Å². The van der Waals surface area contributed by atoms with Gasteiger partial charge >= 0.3 is 5.97 Å². The van der Waals surface area contributed by atoms with E-state index in [0.717, 1.165) is 38.6 Å². The molecule has 1 saturated carbocycles. The summed E-state index contributed by atoms with van der Waals surface area (Å²) in [6.07, 6.45) is 4.31.